The largest absolute Gasteiger partial charge is 0.573 e. The Morgan fingerprint density at radius 3 is 2.47 bits per heavy atom. The van der Waals surface area contributed by atoms with E-state index in [0.717, 1.165) is 6.07 Å². The molecule has 1 aliphatic rings. The molecule has 0 saturated carbocycles. The number of Topliss-reactive ketones (excluding diaryl/α,β-unsaturated/α-hetero) is 1. The zero-order valence-electron chi connectivity index (χ0n) is 20.3. The standard InChI is InChI=1S/C26H24F4N4O4/c1-16(34-8-10-37-11-9-34)25(36)33-21-13-18(3-6-23(21)38-26(28,29)30)22(35)12-17-2-5-20(31-14-17)19-4-7-24(27)32-15-19/h2-7,13-16H,8-12H2,1H3,(H,33,36). The zero-order chi connectivity index (χ0) is 27.3. The molecule has 1 N–H and O–H groups in total. The average Bonchev–Trinajstić information content (AvgIpc) is 2.90. The van der Waals surface area contributed by atoms with Crippen LogP contribution in [0.25, 0.3) is 11.3 Å². The number of alkyl halides is 3. The highest BCUT2D eigenvalue weighted by molar-refractivity contribution is 6.01. The van der Waals surface area contributed by atoms with Gasteiger partial charge in [-0.2, -0.15) is 4.39 Å². The van der Waals surface area contributed by atoms with Crippen molar-refractivity contribution in [1.29, 1.82) is 0 Å². The molecule has 1 unspecified atom stereocenters. The van der Waals surface area contributed by atoms with Crippen LogP contribution < -0.4 is 10.1 Å². The van der Waals surface area contributed by atoms with Crippen LogP contribution in [0.4, 0.5) is 23.2 Å². The first-order valence-corrected chi connectivity index (χ1v) is 11.7. The van der Waals surface area contributed by atoms with Crippen molar-refractivity contribution in [2.24, 2.45) is 0 Å². The maximum atomic E-state index is 13.0. The molecular weight excluding hydrogens is 508 g/mol. The minimum atomic E-state index is -4.99. The van der Waals surface area contributed by atoms with Crippen LogP contribution in [0.2, 0.25) is 0 Å². The molecule has 0 radical (unpaired) electrons. The Morgan fingerprint density at radius 1 is 1.08 bits per heavy atom. The number of anilines is 1. The van der Waals surface area contributed by atoms with Gasteiger partial charge in [-0.25, -0.2) is 4.98 Å². The van der Waals surface area contributed by atoms with Gasteiger partial charge in [-0.1, -0.05) is 6.07 Å². The monoisotopic (exact) mass is 532 g/mol. The maximum Gasteiger partial charge on any atom is 0.573 e. The van der Waals surface area contributed by atoms with E-state index in [1.165, 1.54) is 36.7 Å². The number of pyridine rings is 2. The number of ketones is 1. The smallest absolute Gasteiger partial charge is 0.404 e. The van der Waals surface area contributed by atoms with Crippen LogP contribution >= 0.6 is 0 Å². The van der Waals surface area contributed by atoms with Crippen molar-refractivity contribution in [3.05, 3.63) is 71.9 Å². The Hall–Kier alpha value is -3.90. The summed E-state index contributed by atoms with van der Waals surface area (Å²) in [5, 5.41) is 2.48. The topological polar surface area (TPSA) is 93.7 Å². The van der Waals surface area contributed by atoms with Crippen molar-refractivity contribution in [1.82, 2.24) is 14.9 Å². The number of nitrogens with one attached hydrogen (secondary N) is 1. The molecule has 0 bridgehead atoms. The number of hydrogen-bond acceptors (Lipinski definition) is 7. The molecule has 1 saturated heterocycles. The summed E-state index contributed by atoms with van der Waals surface area (Å²) in [4.78, 5) is 35.5. The van der Waals surface area contributed by atoms with E-state index >= 15 is 0 Å². The van der Waals surface area contributed by atoms with Crippen molar-refractivity contribution >= 4 is 17.4 Å². The molecule has 1 amide bonds. The second-order valence-corrected chi connectivity index (χ2v) is 8.59. The van der Waals surface area contributed by atoms with Crippen LogP contribution in [0.5, 0.6) is 5.75 Å². The summed E-state index contributed by atoms with van der Waals surface area (Å²) in [6.07, 6.45) is -2.27. The summed E-state index contributed by atoms with van der Waals surface area (Å²) in [6.45, 7) is 3.53. The lowest BCUT2D eigenvalue weighted by atomic mass is 10.0. The molecule has 1 aliphatic heterocycles. The Labute approximate surface area is 215 Å². The minimum absolute atomic E-state index is 0.0839. The van der Waals surface area contributed by atoms with Gasteiger partial charge < -0.3 is 14.8 Å². The number of nitrogens with zero attached hydrogens (tertiary/aromatic N) is 3. The second-order valence-electron chi connectivity index (χ2n) is 8.59. The summed E-state index contributed by atoms with van der Waals surface area (Å²) >= 11 is 0. The van der Waals surface area contributed by atoms with E-state index in [-0.39, 0.29) is 17.7 Å². The van der Waals surface area contributed by atoms with E-state index in [0.29, 0.717) is 43.1 Å². The lowest BCUT2D eigenvalue weighted by Gasteiger charge is -2.31. The van der Waals surface area contributed by atoms with Crippen LogP contribution in [0, 0.1) is 5.95 Å². The zero-order valence-corrected chi connectivity index (χ0v) is 20.3. The third-order valence-corrected chi connectivity index (χ3v) is 5.97. The van der Waals surface area contributed by atoms with E-state index < -0.39 is 35.8 Å². The summed E-state index contributed by atoms with van der Waals surface area (Å²) in [6, 6.07) is 8.77. The predicted molar refractivity (Wildman–Crippen MR) is 129 cm³/mol. The Bertz CT molecular complexity index is 1280. The van der Waals surface area contributed by atoms with Crippen molar-refractivity contribution < 1.29 is 36.6 Å². The van der Waals surface area contributed by atoms with Gasteiger partial charge in [0.15, 0.2) is 11.5 Å². The second kappa shape index (κ2) is 11.7. The number of amides is 1. The Kier molecular flexibility index (Phi) is 8.32. The van der Waals surface area contributed by atoms with E-state index in [2.05, 4.69) is 20.0 Å². The van der Waals surface area contributed by atoms with Crippen LogP contribution in [0.1, 0.15) is 22.8 Å². The normalized spacial score (nSPS) is 15.1. The summed E-state index contributed by atoms with van der Waals surface area (Å²) in [7, 11) is 0. The van der Waals surface area contributed by atoms with E-state index in [1.807, 2.05) is 4.90 Å². The Balaban J connectivity index is 1.50. The molecule has 4 rings (SSSR count). The van der Waals surface area contributed by atoms with Gasteiger partial charge in [-0.15, -0.1) is 13.2 Å². The SMILES string of the molecule is CC(C(=O)Nc1cc(C(=O)Cc2ccc(-c3ccc(F)nc3)nc2)ccc1OC(F)(F)F)N1CCOCC1. The lowest BCUT2D eigenvalue weighted by Crippen LogP contribution is -2.47. The van der Waals surface area contributed by atoms with E-state index in [9.17, 15) is 27.2 Å². The number of rotatable bonds is 8. The number of morpholine rings is 1. The summed E-state index contributed by atoms with van der Waals surface area (Å²) in [5.74, 6) is -2.19. The predicted octanol–water partition coefficient (Wildman–Crippen LogP) is 4.27. The highest BCUT2D eigenvalue weighted by Gasteiger charge is 2.33. The van der Waals surface area contributed by atoms with Gasteiger partial charge in [-0.05, 0) is 48.9 Å². The molecular formula is C26H24F4N4O4. The van der Waals surface area contributed by atoms with Gasteiger partial charge in [0.1, 0.15) is 0 Å². The van der Waals surface area contributed by atoms with Crippen LogP contribution in [-0.4, -0.2) is 65.3 Å². The molecule has 38 heavy (non-hydrogen) atoms. The van der Waals surface area contributed by atoms with Crippen molar-refractivity contribution in [3.8, 4) is 17.0 Å². The number of benzene rings is 1. The number of hydrogen-bond donors (Lipinski definition) is 1. The van der Waals surface area contributed by atoms with Crippen LogP contribution in [0.15, 0.2) is 54.9 Å². The first kappa shape index (κ1) is 27.1. The molecule has 0 spiro atoms. The average molecular weight is 532 g/mol. The first-order valence-electron chi connectivity index (χ1n) is 11.7. The van der Waals surface area contributed by atoms with Gasteiger partial charge in [0, 0.05) is 43.0 Å². The molecule has 1 fully saturated rings. The van der Waals surface area contributed by atoms with Gasteiger partial charge in [0.25, 0.3) is 0 Å². The fourth-order valence-corrected chi connectivity index (χ4v) is 3.90. The molecule has 8 nitrogen and oxygen atoms in total. The highest BCUT2D eigenvalue weighted by atomic mass is 19.4. The summed E-state index contributed by atoms with van der Waals surface area (Å²) < 4.78 is 61.3. The molecule has 3 aromatic rings. The number of carbonyl (C=O) groups excluding carboxylic acids is 2. The molecule has 12 heteroatoms. The number of carbonyl (C=O) groups is 2. The summed E-state index contributed by atoms with van der Waals surface area (Å²) in [5.41, 5.74) is 1.49. The van der Waals surface area contributed by atoms with Crippen molar-refractivity contribution in [2.75, 3.05) is 31.6 Å². The molecule has 3 heterocycles. The first-order chi connectivity index (χ1) is 18.1. The van der Waals surface area contributed by atoms with Crippen molar-refractivity contribution in [3.63, 3.8) is 0 Å². The fraction of sp³-hybridized carbons (Fsp3) is 0.308. The van der Waals surface area contributed by atoms with Gasteiger partial charge in [-0.3, -0.25) is 19.5 Å². The molecule has 0 aliphatic carbocycles. The fourth-order valence-electron chi connectivity index (χ4n) is 3.90. The Morgan fingerprint density at radius 2 is 1.84 bits per heavy atom. The molecule has 1 aromatic carbocycles. The minimum Gasteiger partial charge on any atom is -0.404 e. The number of aromatic nitrogens is 2. The van der Waals surface area contributed by atoms with E-state index in [1.54, 1.807) is 19.1 Å². The quantitative estimate of drug-likeness (QED) is 0.263. The molecule has 1 atom stereocenters. The van der Waals surface area contributed by atoms with Crippen LogP contribution in [0.3, 0.4) is 0 Å². The number of ether oxygens (including phenoxy) is 2. The molecule has 2 aromatic heterocycles. The van der Waals surface area contributed by atoms with Gasteiger partial charge in [0.2, 0.25) is 11.9 Å². The third-order valence-electron chi connectivity index (χ3n) is 5.97. The highest BCUT2D eigenvalue weighted by Crippen LogP contribution is 2.32. The van der Waals surface area contributed by atoms with E-state index in [4.69, 9.17) is 4.74 Å². The van der Waals surface area contributed by atoms with Crippen molar-refractivity contribution in [2.45, 2.75) is 25.7 Å². The van der Waals surface area contributed by atoms with Gasteiger partial charge in [0.05, 0.1) is 30.6 Å². The maximum absolute atomic E-state index is 13.0. The van der Waals surface area contributed by atoms with Gasteiger partial charge >= 0.3 is 6.36 Å². The number of halogens is 4. The molecule has 200 valence electrons. The third kappa shape index (κ3) is 7.11. The van der Waals surface area contributed by atoms with Crippen LogP contribution in [-0.2, 0) is 16.0 Å². The lowest BCUT2D eigenvalue weighted by molar-refractivity contribution is -0.274.